The van der Waals surface area contributed by atoms with Crippen molar-refractivity contribution in [3.8, 4) is 0 Å². The number of carbonyl (C=O) groups excluding carboxylic acids is 2. The quantitative estimate of drug-likeness (QED) is 0.687. The molecule has 1 amide bonds. The van der Waals surface area contributed by atoms with E-state index in [1.807, 2.05) is 4.98 Å². The highest BCUT2D eigenvalue weighted by atomic mass is 19.4. The highest BCUT2D eigenvalue weighted by Crippen LogP contribution is 2.29. The Hall–Kier alpha value is -3.37. The molecule has 156 valence electrons. The fourth-order valence-electron chi connectivity index (χ4n) is 2.43. The average molecular weight is 413 g/mol. The number of nitrogens with zero attached hydrogens (tertiary/aromatic N) is 2. The van der Waals surface area contributed by atoms with Crippen LogP contribution in [0.15, 0.2) is 46.1 Å². The van der Waals surface area contributed by atoms with Gasteiger partial charge in [0.25, 0.3) is 5.56 Å². The van der Waals surface area contributed by atoms with E-state index in [9.17, 15) is 32.3 Å². The molecule has 29 heavy (non-hydrogen) atoms. The number of carbonyl (C=O) groups is 2. The number of ether oxygens (including phenoxy) is 1. The van der Waals surface area contributed by atoms with Crippen LogP contribution in [0.3, 0.4) is 0 Å². The fraction of sp³-hybridized carbons (Fsp3) is 0.333. The van der Waals surface area contributed by atoms with Gasteiger partial charge in [0.2, 0.25) is 5.91 Å². The summed E-state index contributed by atoms with van der Waals surface area (Å²) in [5, 5.41) is 0. The molecule has 0 aliphatic rings. The predicted molar refractivity (Wildman–Crippen MR) is 94.8 cm³/mol. The second-order valence-corrected chi connectivity index (χ2v) is 5.99. The summed E-state index contributed by atoms with van der Waals surface area (Å²) >= 11 is 0. The Morgan fingerprint density at radius 2 is 1.79 bits per heavy atom. The van der Waals surface area contributed by atoms with Crippen molar-refractivity contribution in [1.82, 2.24) is 14.5 Å². The number of esters is 1. The molecular formula is C18H18F3N3O5. The van der Waals surface area contributed by atoms with Crippen LogP contribution in [0.5, 0.6) is 0 Å². The van der Waals surface area contributed by atoms with E-state index in [1.165, 1.54) is 12.1 Å². The van der Waals surface area contributed by atoms with Crippen LogP contribution in [0.1, 0.15) is 18.1 Å². The Morgan fingerprint density at radius 3 is 2.34 bits per heavy atom. The van der Waals surface area contributed by atoms with Gasteiger partial charge in [-0.05, 0) is 24.6 Å². The number of hydrogen-bond donors (Lipinski definition) is 1. The van der Waals surface area contributed by atoms with Crippen molar-refractivity contribution < 1.29 is 27.5 Å². The summed E-state index contributed by atoms with van der Waals surface area (Å²) in [5.74, 6) is -1.37. The molecule has 0 spiro atoms. The number of hydrogen-bond acceptors (Lipinski definition) is 5. The summed E-state index contributed by atoms with van der Waals surface area (Å²) < 4.78 is 43.8. The summed E-state index contributed by atoms with van der Waals surface area (Å²) in [6.07, 6.45) is -3.37. The smallest absolute Gasteiger partial charge is 0.416 e. The highest BCUT2D eigenvalue weighted by molar-refractivity contribution is 5.82. The van der Waals surface area contributed by atoms with E-state index in [2.05, 4.69) is 0 Å². The van der Waals surface area contributed by atoms with E-state index >= 15 is 0 Å². The number of H-pyrrole nitrogens is 1. The third-order valence-electron chi connectivity index (χ3n) is 3.84. The van der Waals surface area contributed by atoms with Crippen LogP contribution >= 0.6 is 0 Å². The first-order valence-corrected chi connectivity index (χ1v) is 8.49. The van der Waals surface area contributed by atoms with Gasteiger partial charge < -0.3 is 9.64 Å². The van der Waals surface area contributed by atoms with E-state index in [-0.39, 0.29) is 13.2 Å². The number of benzene rings is 1. The first kappa shape index (κ1) is 21.9. The molecule has 11 heteroatoms. The normalized spacial score (nSPS) is 11.2. The van der Waals surface area contributed by atoms with Crippen molar-refractivity contribution in [2.24, 2.45) is 0 Å². The number of alkyl halides is 3. The molecule has 1 heterocycles. The molecule has 8 nitrogen and oxygen atoms in total. The Balaban J connectivity index is 2.21. The van der Waals surface area contributed by atoms with Crippen LogP contribution in [-0.4, -0.2) is 39.5 Å². The van der Waals surface area contributed by atoms with Gasteiger partial charge in [0.05, 0.1) is 12.2 Å². The second kappa shape index (κ2) is 9.22. The Labute approximate surface area is 162 Å². The number of aromatic nitrogens is 2. The zero-order valence-electron chi connectivity index (χ0n) is 15.4. The topological polar surface area (TPSA) is 101 Å². The number of halogens is 3. The molecule has 0 radical (unpaired) electrons. The molecule has 1 aromatic carbocycles. The van der Waals surface area contributed by atoms with Gasteiger partial charge in [0.1, 0.15) is 13.1 Å². The molecule has 1 aromatic heterocycles. The molecule has 2 rings (SSSR count). The van der Waals surface area contributed by atoms with Gasteiger partial charge in [0, 0.05) is 18.8 Å². The molecule has 0 fully saturated rings. The SMILES string of the molecule is CCOC(=O)CN(Cc1ccc(C(F)(F)F)cc1)C(=O)Cn1ccc(=O)[nH]c1=O. The van der Waals surface area contributed by atoms with Gasteiger partial charge in [-0.25, -0.2) is 4.79 Å². The van der Waals surface area contributed by atoms with Crippen LogP contribution in [0.25, 0.3) is 0 Å². The van der Waals surface area contributed by atoms with Crippen molar-refractivity contribution in [3.63, 3.8) is 0 Å². The minimum absolute atomic E-state index is 0.0839. The molecule has 0 saturated carbocycles. The molecule has 0 aliphatic carbocycles. The van der Waals surface area contributed by atoms with Gasteiger partial charge in [-0.3, -0.25) is 23.9 Å². The summed E-state index contributed by atoms with van der Waals surface area (Å²) in [7, 11) is 0. The van der Waals surface area contributed by atoms with Crippen LogP contribution in [0.4, 0.5) is 13.2 Å². The predicted octanol–water partition coefficient (Wildman–Crippen LogP) is 1.15. The Kier molecular flexibility index (Phi) is 6.97. The van der Waals surface area contributed by atoms with Gasteiger partial charge >= 0.3 is 17.8 Å². The molecule has 0 saturated heterocycles. The van der Waals surface area contributed by atoms with E-state index in [0.29, 0.717) is 5.56 Å². The lowest BCUT2D eigenvalue weighted by atomic mass is 10.1. The largest absolute Gasteiger partial charge is 0.465 e. The van der Waals surface area contributed by atoms with Gasteiger partial charge in [0.15, 0.2) is 0 Å². The Morgan fingerprint density at radius 1 is 1.14 bits per heavy atom. The molecule has 0 unspecified atom stereocenters. The number of amides is 1. The maximum atomic E-state index is 12.7. The lowest BCUT2D eigenvalue weighted by Gasteiger charge is -2.22. The molecule has 0 aliphatic heterocycles. The van der Waals surface area contributed by atoms with E-state index in [4.69, 9.17) is 4.74 Å². The third kappa shape index (κ3) is 6.33. The van der Waals surface area contributed by atoms with Crippen molar-refractivity contribution in [2.45, 2.75) is 26.2 Å². The van der Waals surface area contributed by atoms with Crippen molar-refractivity contribution in [3.05, 3.63) is 68.5 Å². The maximum Gasteiger partial charge on any atom is 0.416 e. The average Bonchev–Trinajstić information content (AvgIpc) is 2.63. The van der Waals surface area contributed by atoms with E-state index in [1.54, 1.807) is 6.92 Å². The first-order chi connectivity index (χ1) is 13.6. The second-order valence-electron chi connectivity index (χ2n) is 5.99. The maximum absolute atomic E-state index is 12.7. The van der Waals surface area contributed by atoms with Crippen LogP contribution < -0.4 is 11.2 Å². The third-order valence-corrected chi connectivity index (χ3v) is 3.84. The standard InChI is InChI=1S/C18H18F3N3O5/c1-2-29-16(27)11-24(9-12-3-5-13(6-4-12)18(19,20)21)15(26)10-23-8-7-14(25)22-17(23)28/h3-8H,2,9-11H2,1H3,(H,22,25,28). The highest BCUT2D eigenvalue weighted by Gasteiger charge is 2.30. The van der Waals surface area contributed by atoms with Crippen molar-refractivity contribution in [2.75, 3.05) is 13.2 Å². The summed E-state index contributed by atoms with van der Waals surface area (Å²) in [6.45, 7) is 0.565. The van der Waals surface area contributed by atoms with E-state index < -0.39 is 48.0 Å². The lowest BCUT2D eigenvalue weighted by Crippen LogP contribution is -2.40. The van der Waals surface area contributed by atoms with E-state index in [0.717, 1.165) is 33.9 Å². The van der Waals surface area contributed by atoms with Crippen molar-refractivity contribution >= 4 is 11.9 Å². The summed E-state index contributed by atoms with van der Waals surface area (Å²) in [4.78, 5) is 50.3. The van der Waals surface area contributed by atoms with Gasteiger partial charge in [-0.2, -0.15) is 13.2 Å². The number of nitrogens with one attached hydrogen (secondary N) is 1. The number of aromatic amines is 1. The first-order valence-electron chi connectivity index (χ1n) is 8.49. The zero-order chi connectivity index (χ0) is 21.6. The van der Waals surface area contributed by atoms with Gasteiger partial charge in [-0.1, -0.05) is 12.1 Å². The summed E-state index contributed by atoms with van der Waals surface area (Å²) in [5.41, 5.74) is -1.93. The molecule has 1 N–H and O–H groups in total. The molecule has 0 bridgehead atoms. The Bertz CT molecular complexity index is 980. The minimum Gasteiger partial charge on any atom is -0.465 e. The van der Waals surface area contributed by atoms with Gasteiger partial charge in [-0.15, -0.1) is 0 Å². The van der Waals surface area contributed by atoms with Crippen LogP contribution in [-0.2, 0) is 33.6 Å². The lowest BCUT2D eigenvalue weighted by molar-refractivity contribution is -0.149. The monoisotopic (exact) mass is 413 g/mol. The minimum atomic E-state index is -4.50. The molecule has 0 atom stereocenters. The summed E-state index contributed by atoms with van der Waals surface area (Å²) in [6, 6.07) is 5.19. The fourth-order valence-corrected chi connectivity index (χ4v) is 2.43. The van der Waals surface area contributed by atoms with Crippen LogP contribution in [0, 0.1) is 0 Å². The number of rotatable bonds is 7. The van der Waals surface area contributed by atoms with Crippen LogP contribution in [0.2, 0.25) is 0 Å². The molecular weight excluding hydrogens is 395 g/mol. The van der Waals surface area contributed by atoms with Crippen molar-refractivity contribution in [1.29, 1.82) is 0 Å². The zero-order valence-corrected chi connectivity index (χ0v) is 15.4. The molecule has 2 aromatic rings.